The van der Waals surface area contributed by atoms with Crippen molar-refractivity contribution >= 4 is 0 Å². The molecule has 0 saturated heterocycles. The van der Waals surface area contributed by atoms with E-state index >= 15 is 0 Å². The zero-order valence-corrected chi connectivity index (χ0v) is 13.3. The van der Waals surface area contributed by atoms with Crippen LogP contribution in [0.5, 0.6) is 0 Å². The normalized spacial score (nSPS) is 11.1. The Morgan fingerprint density at radius 2 is 1.25 bits per heavy atom. The summed E-state index contributed by atoms with van der Waals surface area (Å²) >= 11 is 0. The Kier molecular flexibility index (Phi) is 18.6. The van der Waals surface area contributed by atoms with Crippen LogP contribution >= 0.6 is 0 Å². The highest BCUT2D eigenvalue weighted by molar-refractivity contribution is 4.47. The van der Waals surface area contributed by atoms with E-state index in [1.807, 2.05) is 0 Å². The monoisotopic (exact) mass is 291 g/mol. The Morgan fingerprint density at radius 3 is 1.85 bits per heavy atom. The zero-order chi connectivity index (χ0) is 14.7. The molecule has 0 saturated carbocycles. The fourth-order valence-corrected chi connectivity index (χ4v) is 1.54. The maximum Gasteiger partial charge on any atom is 0.0701 e. The topological polar surface area (TPSA) is 49.0 Å². The summed E-state index contributed by atoms with van der Waals surface area (Å²) in [5.41, 5.74) is 0. The van der Waals surface area contributed by atoms with E-state index < -0.39 is 0 Å². The van der Waals surface area contributed by atoms with Gasteiger partial charge in [0.1, 0.15) is 0 Å². The third-order valence-corrected chi connectivity index (χ3v) is 2.76. The molecule has 5 nitrogen and oxygen atoms in total. The molecule has 0 aliphatic rings. The van der Waals surface area contributed by atoms with Gasteiger partial charge in [0, 0.05) is 26.9 Å². The first kappa shape index (κ1) is 19.8. The average Bonchev–Trinajstić information content (AvgIpc) is 2.47. The molecule has 0 bridgehead atoms. The number of hydrogen-bond acceptors (Lipinski definition) is 5. The van der Waals surface area contributed by atoms with Crippen molar-refractivity contribution in [3.8, 4) is 0 Å². The lowest BCUT2D eigenvalue weighted by Gasteiger charge is -2.07. The summed E-state index contributed by atoms with van der Waals surface area (Å²) in [6, 6.07) is 0. The molecule has 0 atom stereocenters. The van der Waals surface area contributed by atoms with Crippen molar-refractivity contribution in [2.75, 3.05) is 66.4 Å². The molecule has 0 fully saturated rings. The summed E-state index contributed by atoms with van der Waals surface area (Å²) in [4.78, 5) is 0. The minimum atomic E-state index is 0.656. The van der Waals surface area contributed by atoms with Gasteiger partial charge in [-0.2, -0.15) is 0 Å². The summed E-state index contributed by atoms with van der Waals surface area (Å²) in [5, 5.41) is 3.31. The molecule has 0 aromatic rings. The quantitative estimate of drug-likeness (QED) is 0.415. The molecule has 122 valence electrons. The molecule has 0 radical (unpaired) electrons. The van der Waals surface area contributed by atoms with E-state index in [2.05, 4.69) is 12.2 Å². The van der Waals surface area contributed by atoms with Crippen LogP contribution in [0.1, 0.15) is 32.6 Å². The van der Waals surface area contributed by atoms with E-state index in [0.717, 1.165) is 52.2 Å². The maximum atomic E-state index is 5.49. The van der Waals surface area contributed by atoms with Gasteiger partial charge in [-0.15, -0.1) is 0 Å². The smallest absolute Gasteiger partial charge is 0.0701 e. The Hall–Kier alpha value is -0.200. The number of ether oxygens (including phenoxy) is 4. The van der Waals surface area contributed by atoms with Crippen LogP contribution in [0.4, 0.5) is 0 Å². The largest absolute Gasteiger partial charge is 0.383 e. The number of nitrogens with one attached hydrogen (secondary N) is 1. The van der Waals surface area contributed by atoms with Crippen molar-refractivity contribution in [2.45, 2.75) is 32.6 Å². The van der Waals surface area contributed by atoms with E-state index in [1.54, 1.807) is 7.11 Å². The first-order chi connectivity index (χ1) is 9.91. The molecule has 1 N–H and O–H groups in total. The van der Waals surface area contributed by atoms with Gasteiger partial charge in [-0.1, -0.05) is 13.3 Å². The fourth-order valence-electron chi connectivity index (χ4n) is 1.54. The molecule has 20 heavy (non-hydrogen) atoms. The first-order valence-electron chi connectivity index (χ1n) is 7.84. The molecule has 0 amide bonds. The van der Waals surface area contributed by atoms with Gasteiger partial charge in [-0.05, 0) is 25.8 Å². The highest BCUT2D eigenvalue weighted by Gasteiger charge is 1.93. The molecule has 0 rings (SSSR count). The molecule has 0 aromatic carbocycles. The van der Waals surface area contributed by atoms with Crippen molar-refractivity contribution in [1.29, 1.82) is 0 Å². The van der Waals surface area contributed by atoms with Gasteiger partial charge >= 0.3 is 0 Å². The summed E-state index contributed by atoms with van der Waals surface area (Å²) < 4.78 is 21.2. The molecule has 5 heteroatoms. The molecule has 0 aliphatic carbocycles. The van der Waals surface area contributed by atoms with Crippen LogP contribution in [-0.2, 0) is 18.9 Å². The lowest BCUT2D eigenvalue weighted by Crippen LogP contribution is -2.20. The second kappa shape index (κ2) is 18.8. The molecular formula is C15H33NO4. The van der Waals surface area contributed by atoms with Crippen LogP contribution in [0.2, 0.25) is 0 Å². The second-order valence-corrected chi connectivity index (χ2v) is 4.64. The molecule has 0 heterocycles. The van der Waals surface area contributed by atoms with Crippen molar-refractivity contribution in [3.63, 3.8) is 0 Å². The SMILES string of the molecule is CCCCOCCOCCOCCCCNCCOC. The molecule has 0 aliphatic heterocycles. The van der Waals surface area contributed by atoms with Crippen LogP contribution in [0.15, 0.2) is 0 Å². The molecule has 0 unspecified atom stereocenters. The van der Waals surface area contributed by atoms with Gasteiger partial charge in [0.2, 0.25) is 0 Å². The summed E-state index contributed by atoms with van der Waals surface area (Å²) in [5.74, 6) is 0. The third kappa shape index (κ3) is 17.8. The van der Waals surface area contributed by atoms with Gasteiger partial charge < -0.3 is 24.3 Å². The Morgan fingerprint density at radius 1 is 0.650 bits per heavy atom. The minimum Gasteiger partial charge on any atom is -0.383 e. The fraction of sp³-hybridized carbons (Fsp3) is 1.00. The van der Waals surface area contributed by atoms with E-state index in [-0.39, 0.29) is 0 Å². The number of hydrogen-bond donors (Lipinski definition) is 1. The van der Waals surface area contributed by atoms with Crippen molar-refractivity contribution in [2.24, 2.45) is 0 Å². The van der Waals surface area contributed by atoms with Gasteiger partial charge in [-0.25, -0.2) is 0 Å². The second-order valence-electron chi connectivity index (χ2n) is 4.64. The first-order valence-corrected chi connectivity index (χ1v) is 7.84. The van der Waals surface area contributed by atoms with Gasteiger partial charge in [0.15, 0.2) is 0 Å². The third-order valence-electron chi connectivity index (χ3n) is 2.76. The van der Waals surface area contributed by atoms with Crippen LogP contribution in [0, 0.1) is 0 Å². The van der Waals surface area contributed by atoms with Crippen LogP contribution in [-0.4, -0.2) is 66.4 Å². The van der Waals surface area contributed by atoms with E-state index in [1.165, 1.54) is 6.42 Å². The van der Waals surface area contributed by atoms with E-state index in [4.69, 9.17) is 18.9 Å². The Labute approximate surface area is 124 Å². The van der Waals surface area contributed by atoms with Gasteiger partial charge in [0.25, 0.3) is 0 Å². The molecule has 0 aromatic heterocycles. The number of methoxy groups -OCH3 is 1. The van der Waals surface area contributed by atoms with Crippen molar-refractivity contribution < 1.29 is 18.9 Å². The highest BCUT2D eigenvalue weighted by Crippen LogP contribution is 1.90. The Bertz CT molecular complexity index is 152. The summed E-state index contributed by atoms with van der Waals surface area (Å²) in [6.45, 7) is 9.21. The van der Waals surface area contributed by atoms with Gasteiger partial charge in [0.05, 0.1) is 33.0 Å². The zero-order valence-electron chi connectivity index (χ0n) is 13.3. The minimum absolute atomic E-state index is 0.656. The number of unbranched alkanes of at least 4 members (excludes halogenated alkanes) is 2. The van der Waals surface area contributed by atoms with Crippen LogP contribution < -0.4 is 5.32 Å². The Balaban J connectivity index is 2.89. The molecule has 0 spiro atoms. The lowest BCUT2D eigenvalue weighted by atomic mass is 10.3. The van der Waals surface area contributed by atoms with Crippen LogP contribution in [0.25, 0.3) is 0 Å². The molecular weight excluding hydrogens is 258 g/mol. The van der Waals surface area contributed by atoms with E-state index in [0.29, 0.717) is 26.4 Å². The van der Waals surface area contributed by atoms with Crippen molar-refractivity contribution in [3.05, 3.63) is 0 Å². The highest BCUT2D eigenvalue weighted by atomic mass is 16.5. The maximum absolute atomic E-state index is 5.49. The van der Waals surface area contributed by atoms with Crippen molar-refractivity contribution in [1.82, 2.24) is 5.32 Å². The average molecular weight is 291 g/mol. The predicted molar refractivity (Wildman–Crippen MR) is 81.3 cm³/mol. The van der Waals surface area contributed by atoms with Crippen LogP contribution in [0.3, 0.4) is 0 Å². The van der Waals surface area contributed by atoms with Gasteiger partial charge in [-0.3, -0.25) is 0 Å². The lowest BCUT2D eigenvalue weighted by molar-refractivity contribution is 0.0135. The number of rotatable bonds is 17. The summed E-state index contributed by atoms with van der Waals surface area (Å²) in [7, 11) is 1.72. The standard InChI is InChI=1S/C15H33NO4/c1-3-4-9-18-12-14-20-15-13-19-10-6-5-7-16-8-11-17-2/h16H,3-15H2,1-2H3. The van der Waals surface area contributed by atoms with E-state index in [9.17, 15) is 0 Å². The predicted octanol–water partition coefficient (Wildman–Crippen LogP) is 1.85. The summed E-state index contributed by atoms with van der Waals surface area (Å²) in [6.07, 6.45) is 4.52.